The maximum absolute atomic E-state index is 11.8. The maximum Gasteiger partial charge on any atom is 0.414 e. The summed E-state index contributed by atoms with van der Waals surface area (Å²) in [6, 6.07) is 7.11. The molecule has 1 N–H and O–H groups in total. The van der Waals surface area contributed by atoms with Crippen molar-refractivity contribution in [2.24, 2.45) is 0 Å². The highest BCUT2D eigenvalue weighted by Gasteiger charge is 2.25. The predicted octanol–water partition coefficient (Wildman–Crippen LogP) is 2.06. The summed E-state index contributed by atoms with van der Waals surface area (Å²) in [5, 5.41) is 11.1. The molecule has 0 aromatic heterocycles. The van der Waals surface area contributed by atoms with Crippen LogP contribution in [0.4, 0.5) is 16.2 Å². The number of nitrogens with one attached hydrogen (secondary N) is 1. The first-order chi connectivity index (χ1) is 9.65. The molecule has 1 aromatic carbocycles. The molecule has 104 valence electrons. The fourth-order valence-corrected chi connectivity index (χ4v) is 2.15. The number of carbonyl (C=O) groups excluding carboxylic acids is 2. The standard InChI is InChI=1S/C14H15N3O3/c1-2-20-14(19)17-8-6-10-9-11(3-4-12(10)17)16-13(18)5-7-15/h3-4,9H,2,5-6,8H2,1H3,(H,16,18). The Hall–Kier alpha value is -2.55. The summed E-state index contributed by atoms with van der Waals surface area (Å²) in [5.74, 6) is -0.340. The Morgan fingerprint density at radius 1 is 1.50 bits per heavy atom. The van der Waals surface area contributed by atoms with Gasteiger partial charge in [0.25, 0.3) is 0 Å². The second kappa shape index (κ2) is 6.06. The van der Waals surface area contributed by atoms with Gasteiger partial charge in [-0.2, -0.15) is 5.26 Å². The minimum absolute atomic E-state index is 0.175. The summed E-state index contributed by atoms with van der Waals surface area (Å²) >= 11 is 0. The summed E-state index contributed by atoms with van der Waals surface area (Å²) in [7, 11) is 0. The number of fused-ring (bicyclic) bond motifs is 1. The van der Waals surface area contributed by atoms with Crippen LogP contribution in [-0.2, 0) is 16.0 Å². The zero-order valence-corrected chi connectivity index (χ0v) is 11.2. The average molecular weight is 273 g/mol. The molecular weight excluding hydrogens is 258 g/mol. The van der Waals surface area contributed by atoms with E-state index in [1.165, 1.54) is 0 Å². The maximum atomic E-state index is 11.8. The fourth-order valence-electron chi connectivity index (χ4n) is 2.15. The van der Waals surface area contributed by atoms with Crippen molar-refractivity contribution in [2.75, 3.05) is 23.4 Å². The molecule has 1 aliphatic heterocycles. The lowest BCUT2D eigenvalue weighted by molar-refractivity contribution is -0.115. The van der Waals surface area contributed by atoms with Crippen molar-refractivity contribution in [3.8, 4) is 6.07 Å². The van der Waals surface area contributed by atoms with Crippen LogP contribution in [-0.4, -0.2) is 25.2 Å². The molecule has 0 fully saturated rings. The lowest BCUT2D eigenvalue weighted by Crippen LogP contribution is -2.29. The van der Waals surface area contributed by atoms with E-state index in [0.29, 0.717) is 18.8 Å². The Bertz CT molecular complexity index is 578. The van der Waals surface area contributed by atoms with Crippen molar-refractivity contribution < 1.29 is 14.3 Å². The summed E-state index contributed by atoms with van der Waals surface area (Å²) in [6.07, 6.45) is 0.190. The van der Waals surface area contributed by atoms with Crippen LogP contribution in [0.3, 0.4) is 0 Å². The molecule has 0 aliphatic carbocycles. The Balaban J connectivity index is 2.12. The van der Waals surface area contributed by atoms with E-state index >= 15 is 0 Å². The molecule has 0 unspecified atom stereocenters. The highest BCUT2D eigenvalue weighted by molar-refractivity contribution is 5.94. The van der Waals surface area contributed by atoms with Gasteiger partial charge in [-0.25, -0.2) is 4.79 Å². The van der Waals surface area contributed by atoms with Crippen LogP contribution < -0.4 is 10.2 Å². The number of carbonyl (C=O) groups is 2. The summed E-state index contributed by atoms with van der Waals surface area (Å²) in [5.41, 5.74) is 2.42. The molecular formula is C14H15N3O3. The van der Waals surface area contributed by atoms with E-state index < -0.39 is 0 Å². The van der Waals surface area contributed by atoms with Gasteiger partial charge in [0.05, 0.1) is 18.4 Å². The van der Waals surface area contributed by atoms with Gasteiger partial charge in [-0.1, -0.05) is 0 Å². The normalized spacial score (nSPS) is 12.5. The van der Waals surface area contributed by atoms with Crippen LogP contribution in [0.1, 0.15) is 18.9 Å². The highest BCUT2D eigenvalue weighted by Crippen LogP contribution is 2.30. The molecule has 0 saturated heterocycles. The van der Waals surface area contributed by atoms with E-state index in [1.807, 2.05) is 6.07 Å². The van der Waals surface area contributed by atoms with E-state index in [1.54, 1.807) is 30.0 Å². The SMILES string of the molecule is CCOC(=O)N1CCc2cc(NC(=O)CC#N)ccc21. The lowest BCUT2D eigenvalue weighted by atomic mass is 10.1. The summed E-state index contributed by atoms with van der Waals surface area (Å²) in [4.78, 5) is 24.7. The zero-order valence-electron chi connectivity index (χ0n) is 11.2. The number of amides is 2. The van der Waals surface area contributed by atoms with Gasteiger partial charge in [0.2, 0.25) is 5.91 Å². The van der Waals surface area contributed by atoms with E-state index in [4.69, 9.17) is 10.00 Å². The molecule has 20 heavy (non-hydrogen) atoms. The number of ether oxygens (including phenoxy) is 1. The van der Waals surface area contributed by atoms with Crippen LogP contribution in [0.2, 0.25) is 0 Å². The van der Waals surface area contributed by atoms with Crippen molar-refractivity contribution in [3.63, 3.8) is 0 Å². The van der Waals surface area contributed by atoms with Crippen LogP contribution in [0.15, 0.2) is 18.2 Å². The van der Waals surface area contributed by atoms with Crippen LogP contribution in [0.25, 0.3) is 0 Å². The molecule has 1 heterocycles. The van der Waals surface area contributed by atoms with Crippen LogP contribution in [0.5, 0.6) is 0 Å². The van der Waals surface area contributed by atoms with Gasteiger partial charge in [-0.3, -0.25) is 9.69 Å². The molecule has 0 spiro atoms. The molecule has 1 aliphatic rings. The first-order valence-corrected chi connectivity index (χ1v) is 6.39. The highest BCUT2D eigenvalue weighted by atomic mass is 16.6. The number of rotatable bonds is 3. The Morgan fingerprint density at radius 3 is 3.00 bits per heavy atom. The van der Waals surface area contributed by atoms with Gasteiger partial charge in [0, 0.05) is 12.2 Å². The second-order valence-electron chi connectivity index (χ2n) is 4.33. The minimum Gasteiger partial charge on any atom is -0.449 e. The van der Waals surface area contributed by atoms with E-state index in [-0.39, 0.29) is 18.4 Å². The van der Waals surface area contributed by atoms with Gasteiger partial charge in [-0.15, -0.1) is 0 Å². The Kier molecular flexibility index (Phi) is 4.20. The molecule has 1 aromatic rings. The largest absolute Gasteiger partial charge is 0.449 e. The number of nitrogens with zero attached hydrogens (tertiary/aromatic N) is 2. The molecule has 2 rings (SSSR count). The molecule has 0 saturated carbocycles. The smallest absolute Gasteiger partial charge is 0.414 e. The van der Waals surface area contributed by atoms with Crippen molar-refractivity contribution >= 4 is 23.4 Å². The summed E-state index contributed by atoms with van der Waals surface area (Å²) in [6.45, 7) is 2.68. The Labute approximate surface area is 116 Å². The van der Waals surface area contributed by atoms with Crippen molar-refractivity contribution in [1.29, 1.82) is 5.26 Å². The number of anilines is 2. The quantitative estimate of drug-likeness (QED) is 0.913. The third-order valence-corrected chi connectivity index (χ3v) is 2.99. The second-order valence-corrected chi connectivity index (χ2v) is 4.33. The van der Waals surface area contributed by atoms with Gasteiger partial charge >= 0.3 is 6.09 Å². The fraction of sp³-hybridized carbons (Fsp3) is 0.357. The van der Waals surface area contributed by atoms with Gasteiger partial charge in [0.1, 0.15) is 6.42 Å². The van der Waals surface area contributed by atoms with E-state index in [9.17, 15) is 9.59 Å². The van der Waals surface area contributed by atoms with Gasteiger partial charge < -0.3 is 10.1 Å². The zero-order chi connectivity index (χ0) is 14.5. The molecule has 6 nitrogen and oxygen atoms in total. The third kappa shape index (κ3) is 2.88. The molecule has 0 bridgehead atoms. The van der Waals surface area contributed by atoms with Gasteiger partial charge in [-0.05, 0) is 37.1 Å². The van der Waals surface area contributed by atoms with E-state index in [2.05, 4.69) is 5.32 Å². The van der Waals surface area contributed by atoms with Gasteiger partial charge in [0.15, 0.2) is 0 Å². The number of hydrogen-bond donors (Lipinski definition) is 1. The summed E-state index contributed by atoms with van der Waals surface area (Å²) < 4.78 is 4.99. The minimum atomic E-state index is -0.354. The van der Waals surface area contributed by atoms with Crippen LogP contribution in [0, 0.1) is 11.3 Å². The van der Waals surface area contributed by atoms with Crippen LogP contribution >= 0.6 is 0 Å². The van der Waals surface area contributed by atoms with Crippen molar-refractivity contribution in [3.05, 3.63) is 23.8 Å². The third-order valence-electron chi connectivity index (χ3n) is 2.99. The first-order valence-electron chi connectivity index (χ1n) is 6.39. The topological polar surface area (TPSA) is 82.4 Å². The molecule has 0 atom stereocenters. The predicted molar refractivity (Wildman–Crippen MR) is 73.4 cm³/mol. The number of benzene rings is 1. The number of hydrogen-bond acceptors (Lipinski definition) is 4. The number of nitriles is 1. The lowest BCUT2D eigenvalue weighted by Gasteiger charge is -2.16. The Morgan fingerprint density at radius 2 is 2.30 bits per heavy atom. The molecule has 2 amide bonds. The van der Waals surface area contributed by atoms with Crippen molar-refractivity contribution in [1.82, 2.24) is 0 Å². The molecule has 6 heteroatoms. The van der Waals surface area contributed by atoms with Crippen molar-refractivity contribution in [2.45, 2.75) is 19.8 Å². The van der Waals surface area contributed by atoms with E-state index in [0.717, 1.165) is 17.7 Å². The monoisotopic (exact) mass is 273 g/mol. The molecule has 0 radical (unpaired) electrons. The average Bonchev–Trinajstić information content (AvgIpc) is 2.82. The first kappa shape index (κ1) is 13.9.